The van der Waals surface area contributed by atoms with Gasteiger partial charge in [0.25, 0.3) is 0 Å². The second-order valence-corrected chi connectivity index (χ2v) is 9.82. The van der Waals surface area contributed by atoms with Gasteiger partial charge in [-0.15, -0.1) is 10.2 Å². The highest BCUT2D eigenvalue weighted by Crippen LogP contribution is 2.38. The zero-order valence-corrected chi connectivity index (χ0v) is 20.2. The van der Waals surface area contributed by atoms with Crippen molar-refractivity contribution >= 4 is 17.5 Å². The minimum atomic E-state index is 0.137. The average molecular weight is 467 g/mol. The molecule has 2 aromatic heterocycles. The van der Waals surface area contributed by atoms with Gasteiger partial charge in [0.1, 0.15) is 5.75 Å². The number of nitrogens with zero attached hydrogens (tertiary/aromatic N) is 4. The van der Waals surface area contributed by atoms with Crippen molar-refractivity contribution in [1.29, 1.82) is 0 Å². The van der Waals surface area contributed by atoms with Crippen molar-refractivity contribution in [3.8, 4) is 17.1 Å². The highest BCUT2D eigenvalue weighted by Gasteiger charge is 2.29. The van der Waals surface area contributed by atoms with Crippen LogP contribution in [0.3, 0.4) is 0 Å². The van der Waals surface area contributed by atoms with Crippen molar-refractivity contribution in [3.63, 3.8) is 0 Å². The molecule has 3 aromatic rings. The molecule has 0 bridgehead atoms. The Balaban J connectivity index is 1.37. The van der Waals surface area contributed by atoms with Gasteiger partial charge in [0.15, 0.2) is 16.8 Å². The number of hydrogen-bond acceptors (Lipinski definition) is 6. The first-order valence-electron chi connectivity index (χ1n) is 11.6. The number of rotatable bonds is 9. The molecule has 0 unspecified atom stereocenters. The summed E-state index contributed by atoms with van der Waals surface area (Å²) in [5, 5.41) is 9.69. The van der Waals surface area contributed by atoms with Gasteiger partial charge in [-0.05, 0) is 69.9 Å². The molecular formula is C25H30N4O3S. The molecule has 7 nitrogen and oxygen atoms in total. The zero-order valence-electron chi connectivity index (χ0n) is 19.4. The summed E-state index contributed by atoms with van der Waals surface area (Å²) in [7, 11) is 1.66. The molecule has 0 amide bonds. The number of Topliss-reactive ketones (excluding diaryl/α,β-unsaturated/α-hetero) is 1. The van der Waals surface area contributed by atoms with Crippen molar-refractivity contribution in [2.24, 2.45) is 0 Å². The molecule has 5 rings (SSSR count). The van der Waals surface area contributed by atoms with Crippen molar-refractivity contribution in [1.82, 2.24) is 19.3 Å². The van der Waals surface area contributed by atoms with Crippen LogP contribution in [0.15, 0.2) is 35.5 Å². The van der Waals surface area contributed by atoms with Crippen LogP contribution in [0, 0.1) is 13.8 Å². The Morgan fingerprint density at radius 2 is 1.97 bits per heavy atom. The van der Waals surface area contributed by atoms with E-state index in [-0.39, 0.29) is 11.9 Å². The Labute approximate surface area is 198 Å². The largest absolute Gasteiger partial charge is 0.497 e. The molecule has 2 aliphatic rings. The van der Waals surface area contributed by atoms with Crippen LogP contribution < -0.4 is 4.74 Å². The van der Waals surface area contributed by atoms with Gasteiger partial charge in [0.2, 0.25) is 0 Å². The molecule has 8 heteroatoms. The summed E-state index contributed by atoms with van der Waals surface area (Å²) in [5.41, 5.74) is 4.05. The lowest BCUT2D eigenvalue weighted by Crippen LogP contribution is -2.17. The summed E-state index contributed by atoms with van der Waals surface area (Å²) >= 11 is 1.45. The lowest BCUT2D eigenvalue weighted by atomic mass is 10.2. The molecule has 1 aromatic carbocycles. The van der Waals surface area contributed by atoms with Crippen molar-refractivity contribution in [3.05, 3.63) is 47.3 Å². The average Bonchev–Trinajstić information content (AvgIpc) is 3.23. The monoisotopic (exact) mass is 466 g/mol. The van der Waals surface area contributed by atoms with Crippen LogP contribution in [-0.2, 0) is 11.3 Å². The number of benzene rings is 1. The van der Waals surface area contributed by atoms with Crippen molar-refractivity contribution in [2.75, 3.05) is 19.5 Å². The minimum absolute atomic E-state index is 0.137. The fourth-order valence-corrected chi connectivity index (χ4v) is 5.50. The normalized spacial score (nSPS) is 18.1. The Morgan fingerprint density at radius 3 is 2.64 bits per heavy atom. The van der Waals surface area contributed by atoms with E-state index in [0.717, 1.165) is 53.0 Å². The van der Waals surface area contributed by atoms with E-state index in [4.69, 9.17) is 9.47 Å². The van der Waals surface area contributed by atoms with E-state index in [1.54, 1.807) is 7.11 Å². The second-order valence-electron chi connectivity index (χ2n) is 8.88. The lowest BCUT2D eigenvalue weighted by Gasteiger charge is -2.15. The number of ether oxygens (including phenoxy) is 2. The van der Waals surface area contributed by atoms with E-state index in [0.29, 0.717) is 18.3 Å². The Morgan fingerprint density at radius 1 is 1.18 bits per heavy atom. The molecule has 3 heterocycles. The molecule has 1 saturated carbocycles. The maximum atomic E-state index is 13.1. The zero-order chi connectivity index (χ0) is 22.9. The van der Waals surface area contributed by atoms with E-state index in [9.17, 15) is 4.79 Å². The highest BCUT2D eigenvalue weighted by atomic mass is 32.2. The third-order valence-electron chi connectivity index (χ3n) is 6.50. The maximum Gasteiger partial charge on any atom is 0.192 e. The van der Waals surface area contributed by atoms with Gasteiger partial charge < -0.3 is 14.0 Å². The first-order chi connectivity index (χ1) is 16.0. The predicted molar refractivity (Wildman–Crippen MR) is 128 cm³/mol. The van der Waals surface area contributed by atoms with Crippen LogP contribution in [0.1, 0.15) is 53.5 Å². The van der Waals surface area contributed by atoms with Gasteiger partial charge in [0, 0.05) is 35.2 Å². The molecule has 174 valence electrons. The molecule has 2 fully saturated rings. The summed E-state index contributed by atoms with van der Waals surface area (Å²) < 4.78 is 15.6. The van der Waals surface area contributed by atoms with E-state index in [2.05, 4.69) is 33.2 Å². The molecule has 1 aliphatic heterocycles. The topological polar surface area (TPSA) is 71.2 Å². The first kappa shape index (κ1) is 22.2. The fourth-order valence-electron chi connectivity index (χ4n) is 4.67. The quantitative estimate of drug-likeness (QED) is 0.331. The van der Waals surface area contributed by atoms with Gasteiger partial charge in [-0.3, -0.25) is 9.36 Å². The summed E-state index contributed by atoms with van der Waals surface area (Å²) in [6.07, 6.45) is 4.66. The molecule has 0 spiro atoms. The summed E-state index contributed by atoms with van der Waals surface area (Å²) in [6.45, 7) is 5.63. The van der Waals surface area contributed by atoms with Crippen LogP contribution in [0.25, 0.3) is 11.4 Å². The number of thioether (sulfide) groups is 1. The van der Waals surface area contributed by atoms with E-state index in [1.165, 1.54) is 30.3 Å². The standard InChI is InChI=1S/C25H30N4O3S/c1-16-13-22(17(2)29(16)19-8-9-19)23(30)15-33-25-27-26-24(18-6-10-20(31-3)11-7-18)28(25)14-21-5-4-12-32-21/h6-7,10-11,13,19,21H,4-5,8-9,12,14-15H2,1-3H3/t21-/m0/s1. The second kappa shape index (κ2) is 9.35. The molecule has 1 saturated heterocycles. The number of hydrogen-bond donors (Lipinski definition) is 0. The van der Waals surface area contributed by atoms with Crippen LogP contribution in [0.4, 0.5) is 0 Å². The first-order valence-corrected chi connectivity index (χ1v) is 12.6. The van der Waals surface area contributed by atoms with E-state index < -0.39 is 0 Å². The van der Waals surface area contributed by atoms with Gasteiger partial charge in [-0.25, -0.2) is 0 Å². The fraction of sp³-hybridized carbons (Fsp3) is 0.480. The van der Waals surface area contributed by atoms with Crippen molar-refractivity contribution in [2.45, 2.75) is 63.4 Å². The van der Waals surface area contributed by atoms with E-state index >= 15 is 0 Å². The Bertz CT molecular complexity index is 1140. The van der Waals surface area contributed by atoms with Crippen LogP contribution in [0.2, 0.25) is 0 Å². The van der Waals surface area contributed by atoms with Crippen molar-refractivity contribution < 1.29 is 14.3 Å². The van der Waals surface area contributed by atoms with Gasteiger partial charge in [0.05, 0.1) is 25.5 Å². The number of methoxy groups -OCH3 is 1. The highest BCUT2D eigenvalue weighted by molar-refractivity contribution is 7.99. The van der Waals surface area contributed by atoms with Crippen LogP contribution in [-0.4, -0.2) is 50.7 Å². The van der Waals surface area contributed by atoms with E-state index in [1.807, 2.05) is 30.3 Å². The van der Waals surface area contributed by atoms with Gasteiger partial charge in [-0.1, -0.05) is 11.8 Å². The minimum Gasteiger partial charge on any atom is -0.497 e. The lowest BCUT2D eigenvalue weighted by molar-refractivity contribution is 0.0953. The predicted octanol–water partition coefficient (Wildman–Crippen LogP) is 4.86. The molecule has 1 atom stereocenters. The number of aromatic nitrogens is 4. The maximum absolute atomic E-state index is 13.1. The molecule has 33 heavy (non-hydrogen) atoms. The number of carbonyl (C=O) groups excluding carboxylic acids is 1. The molecule has 0 N–H and O–H groups in total. The molecular weight excluding hydrogens is 436 g/mol. The summed E-state index contributed by atoms with van der Waals surface area (Å²) in [6, 6.07) is 10.4. The number of carbonyl (C=O) groups is 1. The summed E-state index contributed by atoms with van der Waals surface area (Å²) in [5.74, 6) is 2.06. The number of ketones is 1. The Kier molecular flexibility index (Phi) is 6.29. The Hall–Kier alpha value is -2.58. The molecule has 1 aliphatic carbocycles. The van der Waals surface area contributed by atoms with Crippen LogP contribution in [0.5, 0.6) is 5.75 Å². The summed E-state index contributed by atoms with van der Waals surface area (Å²) in [4.78, 5) is 13.1. The number of aryl methyl sites for hydroxylation is 1. The SMILES string of the molecule is COc1ccc(-c2nnc(SCC(=O)c3cc(C)n(C4CC4)c3C)n2C[C@@H]2CCCO2)cc1. The van der Waals surface area contributed by atoms with Crippen LogP contribution >= 0.6 is 11.8 Å². The third-order valence-corrected chi connectivity index (χ3v) is 7.47. The van der Waals surface area contributed by atoms with Gasteiger partial charge in [-0.2, -0.15) is 0 Å². The molecule has 0 radical (unpaired) electrons. The van der Waals surface area contributed by atoms with Gasteiger partial charge >= 0.3 is 0 Å². The third kappa shape index (κ3) is 4.59. The smallest absolute Gasteiger partial charge is 0.192 e.